The fourth-order valence-corrected chi connectivity index (χ4v) is 3.09. The first-order valence-electron chi connectivity index (χ1n) is 7.48. The Hall–Kier alpha value is -0.120. The quantitative estimate of drug-likeness (QED) is 0.765. The number of likely N-dealkylation sites (N-methyl/N-ethyl adjacent to an activating group) is 1. The molecule has 0 aliphatic heterocycles. The van der Waals surface area contributed by atoms with Crippen molar-refractivity contribution < 1.29 is 5.11 Å². The van der Waals surface area contributed by atoms with Crippen LogP contribution >= 0.6 is 0 Å². The average molecular weight is 256 g/mol. The van der Waals surface area contributed by atoms with Gasteiger partial charge in [0.1, 0.15) is 0 Å². The molecule has 18 heavy (non-hydrogen) atoms. The molecule has 1 saturated carbocycles. The molecule has 0 amide bonds. The molecule has 108 valence electrons. The number of hydrogen-bond donors (Lipinski definition) is 2. The lowest BCUT2D eigenvalue weighted by Gasteiger charge is -2.40. The summed E-state index contributed by atoms with van der Waals surface area (Å²) in [5.41, 5.74) is -0.643. The monoisotopic (exact) mass is 256 g/mol. The van der Waals surface area contributed by atoms with Crippen LogP contribution in [0.4, 0.5) is 0 Å². The number of nitrogens with one attached hydrogen (secondary N) is 1. The van der Waals surface area contributed by atoms with Crippen LogP contribution < -0.4 is 5.32 Å². The number of rotatable bonds is 6. The second-order valence-corrected chi connectivity index (χ2v) is 6.78. The Bertz CT molecular complexity index is 241. The molecule has 1 aliphatic carbocycles. The van der Waals surface area contributed by atoms with Crippen LogP contribution in [0.15, 0.2) is 0 Å². The molecule has 3 atom stereocenters. The molecule has 0 aromatic rings. The predicted molar refractivity (Wildman–Crippen MR) is 77.8 cm³/mol. The predicted octanol–water partition coefficient (Wildman–Crippen LogP) is 2.25. The van der Waals surface area contributed by atoms with Crippen molar-refractivity contribution in [1.29, 1.82) is 0 Å². The maximum atomic E-state index is 10.4. The Morgan fingerprint density at radius 1 is 1.33 bits per heavy atom. The number of nitrogens with zero attached hydrogens (tertiary/aromatic N) is 1. The van der Waals surface area contributed by atoms with Gasteiger partial charge >= 0.3 is 0 Å². The van der Waals surface area contributed by atoms with Gasteiger partial charge in [-0.05, 0) is 32.7 Å². The first-order chi connectivity index (χ1) is 8.32. The maximum Gasteiger partial charge on any atom is 0.0869 e. The SMILES string of the molecule is CC(C)NCC(C)(O)CN(C)C1CCCCC1C. The number of hydrogen-bond acceptors (Lipinski definition) is 3. The summed E-state index contributed by atoms with van der Waals surface area (Å²) in [5, 5.41) is 13.8. The Balaban J connectivity index is 2.43. The van der Waals surface area contributed by atoms with Gasteiger partial charge in [0.25, 0.3) is 0 Å². The average Bonchev–Trinajstić information content (AvgIpc) is 2.26. The van der Waals surface area contributed by atoms with Gasteiger partial charge in [0.05, 0.1) is 5.60 Å². The summed E-state index contributed by atoms with van der Waals surface area (Å²) in [7, 11) is 2.16. The minimum Gasteiger partial charge on any atom is -0.388 e. The van der Waals surface area contributed by atoms with Crippen LogP contribution in [0.5, 0.6) is 0 Å². The van der Waals surface area contributed by atoms with Crippen molar-refractivity contribution in [2.75, 3.05) is 20.1 Å². The first-order valence-corrected chi connectivity index (χ1v) is 7.48. The van der Waals surface area contributed by atoms with Gasteiger partial charge in [-0.2, -0.15) is 0 Å². The standard InChI is InChI=1S/C15H32N2O/c1-12(2)16-10-15(4,18)11-17(5)14-9-7-6-8-13(14)3/h12-14,16,18H,6-11H2,1-5H3. The van der Waals surface area contributed by atoms with Gasteiger partial charge in [-0.3, -0.25) is 0 Å². The highest BCUT2D eigenvalue weighted by Gasteiger charge is 2.30. The molecule has 0 radical (unpaired) electrons. The van der Waals surface area contributed by atoms with E-state index in [1.165, 1.54) is 25.7 Å². The van der Waals surface area contributed by atoms with Crippen LogP contribution in [0.1, 0.15) is 53.4 Å². The fraction of sp³-hybridized carbons (Fsp3) is 1.00. The van der Waals surface area contributed by atoms with Gasteiger partial charge in [-0.1, -0.05) is 33.6 Å². The molecule has 3 heteroatoms. The molecular formula is C15H32N2O. The van der Waals surface area contributed by atoms with Gasteiger partial charge in [0.15, 0.2) is 0 Å². The van der Waals surface area contributed by atoms with Crippen molar-refractivity contribution in [1.82, 2.24) is 10.2 Å². The molecule has 0 saturated heterocycles. The largest absolute Gasteiger partial charge is 0.388 e. The molecule has 3 unspecified atom stereocenters. The van der Waals surface area contributed by atoms with Crippen molar-refractivity contribution >= 4 is 0 Å². The van der Waals surface area contributed by atoms with E-state index in [-0.39, 0.29) is 0 Å². The van der Waals surface area contributed by atoms with Crippen LogP contribution in [0.25, 0.3) is 0 Å². The molecule has 3 nitrogen and oxygen atoms in total. The van der Waals surface area contributed by atoms with Crippen LogP contribution in [0.3, 0.4) is 0 Å². The number of aliphatic hydroxyl groups is 1. The maximum absolute atomic E-state index is 10.4. The topological polar surface area (TPSA) is 35.5 Å². The Morgan fingerprint density at radius 3 is 2.50 bits per heavy atom. The van der Waals surface area contributed by atoms with Gasteiger partial charge in [-0.15, -0.1) is 0 Å². The van der Waals surface area contributed by atoms with E-state index >= 15 is 0 Å². The summed E-state index contributed by atoms with van der Waals surface area (Å²) in [6.45, 7) is 9.93. The zero-order valence-corrected chi connectivity index (χ0v) is 12.9. The summed E-state index contributed by atoms with van der Waals surface area (Å²) >= 11 is 0. The first kappa shape index (κ1) is 15.9. The van der Waals surface area contributed by atoms with Crippen LogP contribution in [-0.2, 0) is 0 Å². The van der Waals surface area contributed by atoms with Crippen LogP contribution in [-0.4, -0.2) is 47.8 Å². The summed E-state index contributed by atoms with van der Waals surface area (Å²) in [6, 6.07) is 1.07. The lowest BCUT2D eigenvalue weighted by atomic mass is 9.84. The van der Waals surface area contributed by atoms with Crippen molar-refractivity contribution in [3.63, 3.8) is 0 Å². The van der Waals surface area contributed by atoms with E-state index in [2.05, 4.69) is 38.0 Å². The van der Waals surface area contributed by atoms with Gasteiger partial charge < -0.3 is 15.3 Å². The Labute approximate surface area is 113 Å². The lowest BCUT2D eigenvalue weighted by Crippen LogP contribution is -2.51. The molecular weight excluding hydrogens is 224 g/mol. The molecule has 1 aliphatic rings. The van der Waals surface area contributed by atoms with Crippen molar-refractivity contribution in [3.05, 3.63) is 0 Å². The molecule has 0 bridgehead atoms. The molecule has 0 aromatic carbocycles. The summed E-state index contributed by atoms with van der Waals surface area (Å²) in [4.78, 5) is 2.37. The fourth-order valence-electron chi connectivity index (χ4n) is 3.09. The van der Waals surface area contributed by atoms with E-state index in [4.69, 9.17) is 0 Å². The normalized spacial score (nSPS) is 28.7. The van der Waals surface area contributed by atoms with Gasteiger partial charge in [0, 0.05) is 25.2 Å². The van der Waals surface area contributed by atoms with Crippen molar-refractivity contribution in [2.45, 2.75) is 71.1 Å². The van der Waals surface area contributed by atoms with E-state index in [1.54, 1.807) is 0 Å². The Morgan fingerprint density at radius 2 is 1.94 bits per heavy atom. The molecule has 2 N–H and O–H groups in total. The molecule has 1 fully saturated rings. The smallest absolute Gasteiger partial charge is 0.0869 e. The van der Waals surface area contributed by atoms with E-state index < -0.39 is 5.60 Å². The van der Waals surface area contributed by atoms with Crippen molar-refractivity contribution in [3.8, 4) is 0 Å². The highest BCUT2D eigenvalue weighted by molar-refractivity contribution is 4.85. The highest BCUT2D eigenvalue weighted by Crippen LogP contribution is 2.28. The van der Waals surface area contributed by atoms with Crippen LogP contribution in [0.2, 0.25) is 0 Å². The van der Waals surface area contributed by atoms with E-state index in [1.807, 2.05) is 6.92 Å². The van der Waals surface area contributed by atoms with Gasteiger partial charge in [-0.25, -0.2) is 0 Å². The highest BCUT2D eigenvalue weighted by atomic mass is 16.3. The van der Waals surface area contributed by atoms with E-state index in [9.17, 15) is 5.11 Å². The lowest BCUT2D eigenvalue weighted by molar-refractivity contribution is 0.00105. The van der Waals surface area contributed by atoms with E-state index in [0.29, 0.717) is 18.6 Å². The zero-order chi connectivity index (χ0) is 13.8. The summed E-state index contributed by atoms with van der Waals surface area (Å²) in [5.74, 6) is 0.762. The summed E-state index contributed by atoms with van der Waals surface area (Å²) < 4.78 is 0. The minimum absolute atomic E-state index is 0.426. The summed E-state index contributed by atoms with van der Waals surface area (Å²) in [6.07, 6.45) is 5.33. The molecule has 0 heterocycles. The second-order valence-electron chi connectivity index (χ2n) is 6.78. The van der Waals surface area contributed by atoms with E-state index in [0.717, 1.165) is 12.5 Å². The minimum atomic E-state index is -0.643. The third kappa shape index (κ3) is 5.25. The van der Waals surface area contributed by atoms with Crippen LogP contribution in [0, 0.1) is 5.92 Å². The molecule has 0 aromatic heterocycles. The van der Waals surface area contributed by atoms with Gasteiger partial charge in [0.2, 0.25) is 0 Å². The zero-order valence-electron chi connectivity index (χ0n) is 12.9. The third-order valence-electron chi connectivity index (χ3n) is 4.11. The Kier molecular flexibility index (Phi) is 6.09. The van der Waals surface area contributed by atoms with Crippen molar-refractivity contribution in [2.24, 2.45) is 5.92 Å². The molecule has 0 spiro atoms. The second kappa shape index (κ2) is 6.88. The third-order valence-corrected chi connectivity index (χ3v) is 4.11. The molecule has 1 rings (SSSR count).